The maximum atomic E-state index is 12.0. The predicted molar refractivity (Wildman–Crippen MR) is 79.5 cm³/mol. The van der Waals surface area contributed by atoms with E-state index in [9.17, 15) is 4.79 Å². The largest absolute Gasteiger partial charge is 0.495 e. The molecule has 21 heavy (non-hydrogen) atoms. The lowest BCUT2D eigenvalue weighted by Gasteiger charge is -2.27. The summed E-state index contributed by atoms with van der Waals surface area (Å²) < 4.78 is 10.7. The van der Waals surface area contributed by atoms with Gasteiger partial charge in [0.1, 0.15) is 5.75 Å². The minimum absolute atomic E-state index is 0.0683. The molecular weight excluding hydrogens is 292 g/mol. The summed E-state index contributed by atoms with van der Waals surface area (Å²) in [6.07, 6.45) is 0. The van der Waals surface area contributed by atoms with Crippen molar-refractivity contribution < 1.29 is 14.3 Å². The van der Waals surface area contributed by atoms with Crippen molar-refractivity contribution in [2.75, 3.05) is 33.4 Å². The maximum absolute atomic E-state index is 12.0. The van der Waals surface area contributed by atoms with E-state index in [0.29, 0.717) is 30.5 Å². The molecule has 0 unspecified atom stereocenters. The predicted octanol–water partition coefficient (Wildman–Crippen LogP) is 1.30. The summed E-state index contributed by atoms with van der Waals surface area (Å²) >= 11 is 6.17. The highest BCUT2D eigenvalue weighted by molar-refractivity contribution is 6.32. The molecule has 2 fully saturated rings. The Hall–Kier alpha value is -1.30. The summed E-state index contributed by atoms with van der Waals surface area (Å²) in [4.78, 5) is 14.3. The third-order valence-electron chi connectivity index (χ3n) is 3.93. The first kappa shape index (κ1) is 14.6. The fourth-order valence-corrected chi connectivity index (χ4v) is 3.20. The Morgan fingerprint density at radius 3 is 3.05 bits per heavy atom. The summed E-state index contributed by atoms with van der Waals surface area (Å²) in [5.74, 6) is 0.692. The van der Waals surface area contributed by atoms with E-state index in [1.54, 1.807) is 7.11 Å². The molecule has 2 heterocycles. The van der Waals surface area contributed by atoms with E-state index in [4.69, 9.17) is 21.1 Å². The van der Waals surface area contributed by atoms with Crippen molar-refractivity contribution >= 4 is 17.5 Å². The number of benzene rings is 1. The lowest BCUT2D eigenvalue weighted by Crippen LogP contribution is -2.41. The first-order chi connectivity index (χ1) is 10.2. The topological polar surface area (TPSA) is 50.8 Å². The van der Waals surface area contributed by atoms with E-state index in [2.05, 4.69) is 10.2 Å². The zero-order valence-electron chi connectivity index (χ0n) is 12.0. The zero-order chi connectivity index (χ0) is 14.8. The Morgan fingerprint density at radius 1 is 1.43 bits per heavy atom. The first-order valence-electron chi connectivity index (χ1n) is 7.08. The van der Waals surface area contributed by atoms with Gasteiger partial charge in [-0.25, -0.2) is 0 Å². The number of amides is 1. The minimum atomic E-state index is -0.0915. The molecule has 2 atom stereocenters. The van der Waals surface area contributed by atoms with Crippen molar-refractivity contribution in [1.82, 2.24) is 10.2 Å². The van der Waals surface area contributed by atoms with Crippen LogP contribution in [0.2, 0.25) is 5.02 Å². The molecule has 0 saturated carbocycles. The normalized spacial score (nSPS) is 26.1. The lowest BCUT2D eigenvalue weighted by molar-refractivity contribution is -0.125. The molecule has 1 aromatic rings. The van der Waals surface area contributed by atoms with Crippen LogP contribution in [0.5, 0.6) is 5.75 Å². The fourth-order valence-electron chi connectivity index (χ4n) is 2.92. The van der Waals surface area contributed by atoms with Gasteiger partial charge in [-0.3, -0.25) is 9.69 Å². The van der Waals surface area contributed by atoms with Crippen LogP contribution in [-0.2, 0) is 16.1 Å². The molecule has 2 bridgehead atoms. The second-order valence-electron chi connectivity index (χ2n) is 5.60. The molecule has 114 valence electrons. The van der Waals surface area contributed by atoms with Crippen molar-refractivity contribution in [3.8, 4) is 5.75 Å². The summed E-state index contributed by atoms with van der Waals surface area (Å²) in [5.41, 5.74) is 1.12. The molecule has 3 rings (SSSR count). The second-order valence-corrected chi connectivity index (χ2v) is 6.01. The zero-order valence-corrected chi connectivity index (χ0v) is 12.7. The third kappa shape index (κ3) is 3.31. The number of rotatable bonds is 3. The molecule has 1 amide bonds. The molecule has 1 N–H and O–H groups in total. The number of nitrogens with zero attached hydrogens (tertiary/aromatic N) is 1. The van der Waals surface area contributed by atoms with Gasteiger partial charge in [-0.05, 0) is 17.7 Å². The average molecular weight is 311 g/mol. The Bertz CT molecular complexity index is 538. The first-order valence-corrected chi connectivity index (χ1v) is 7.46. The number of ether oxygens (including phenoxy) is 2. The fraction of sp³-hybridized carbons (Fsp3) is 0.533. The van der Waals surface area contributed by atoms with Crippen LogP contribution in [0.25, 0.3) is 0 Å². The summed E-state index contributed by atoms with van der Waals surface area (Å²) in [5, 5.41) is 3.65. The average Bonchev–Trinajstić information content (AvgIpc) is 2.68. The quantitative estimate of drug-likeness (QED) is 0.914. The van der Waals surface area contributed by atoms with Crippen LogP contribution in [0.15, 0.2) is 18.2 Å². The Morgan fingerprint density at radius 2 is 2.29 bits per heavy atom. The van der Waals surface area contributed by atoms with E-state index in [1.165, 1.54) is 0 Å². The number of hydrogen-bond donors (Lipinski definition) is 1. The van der Waals surface area contributed by atoms with Gasteiger partial charge in [0.05, 0.1) is 37.3 Å². The molecule has 2 saturated heterocycles. The second kappa shape index (κ2) is 6.22. The molecule has 6 heteroatoms. The van der Waals surface area contributed by atoms with Gasteiger partial charge >= 0.3 is 0 Å². The Labute approximate surface area is 129 Å². The molecule has 0 spiro atoms. The lowest BCUT2D eigenvalue weighted by atomic mass is 10.1. The van der Waals surface area contributed by atoms with Gasteiger partial charge in [-0.15, -0.1) is 0 Å². The smallest absolute Gasteiger partial charge is 0.227 e. The van der Waals surface area contributed by atoms with Crippen molar-refractivity contribution in [2.24, 2.45) is 5.92 Å². The van der Waals surface area contributed by atoms with Gasteiger partial charge < -0.3 is 14.8 Å². The molecule has 5 nitrogen and oxygen atoms in total. The number of hydrogen-bond acceptors (Lipinski definition) is 4. The monoisotopic (exact) mass is 310 g/mol. The standard InChI is InChI=1S/C15H19ClN2O3/c1-20-14-3-2-10(4-13(14)16)5-18-6-11-8-21-9-12(7-18)17-15(11)19/h2-4,11-12H,5-9H2,1H3,(H,17,19)/t11-,12+/m1/s1. The van der Waals surface area contributed by atoms with Crippen LogP contribution in [0.3, 0.4) is 0 Å². The van der Waals surface area contributed by atoms with Gasteiger partial charge in [0.15, 0.2) is 0 Å². The van der Waals surface area contributed by atoms with Gasteiger partial charge in [0, 0.05) is 19.6 Å². The number of halogens is 1. The highest BCUT2D eigenvalue weighted by Gasteiger charge is 2.33. The number of fused-ring (bicyclic) bond motifs is 3. The number of carbonyl (C=O) groups is 1. The molecular formula is C15H19ClN2O3. The summed E-state index contributed by atoms with van der Waals surface area (Å²) in [7, 11) is 1.61. The van der Waals surface area contributed by atoms with Gasteiger partial charge in [-0.2, -0.15) is 0 Å². The van der Waals surface area contributed by atoms with Crippen molar-refractivity contribution in [1.29, 1.82) is 0 Å². The SMILES string of the molecule is COc1ccc(CN2C[C@H]3COC[C@@H](C2)C(=O)N3)cc1Cl. The van der Waals surface area contributed by atoms with Crippen LogP contribution < -0.4 is 10.1 Å². The van der Waals surface area contributed by atoms with Crippen molar-refractivity contribution in [2.45, 2.75) is 12.6 Å². The van der Waals surface area contributed by atoms with E-state index < -0.39 is 0 Å². The minimum Gasteiger partial charge on any atom is -0.495 e. The molecule has 0 radical (unpaired) electrons. The molecule has 2 aliphatic heterocycles. The molecule has 1 aromatic carbocycles. The van der Waals surface area contributed by atoms with Crippen LogP contribution in [0, 0.1) is 5.92 Å². The van der Waals surface area contributed by atoms with Crippen molar-refractivity contribution in [3.05, 3.63) is 28.8 Å². The molecule has 2 aliphatic rings. The van der Waals surface area contributed by atoms with Crippen LogP contribution in [-0.4, -0.2) is 50.3 Å². The molecule has 0 aliphatic carbocycles. The Kier molecular flexibility index (Phi) is 4.33. The highest BCUT2D eigenvalue weighted by Crippen LogP contribution is 2.26. The number of nitrogens with one attached hydrogen (secondary N) is 1. The summed E-state index contributed by atoms with van der Waals surface area (Å²) in [6, 6.07) is 5.88. The van der Waals surface area contributed by atoms with Gasteiger partial charge in [0.25, 0.3) is 0 Å². The maximum Gasteiger partial charge on any atom is 0.227 e. The van der Waals surface area contributed by atoms with Crippen LogP contribution in [0.1, 0.15) is 5.56 Å². The van der Waals surface area contributed by atoms with E-state index >= 15 is 0 Å². The van der Waals surface area contributed by atoms with Crippen LogP contribution in [0.4, 0.5) is 0 Å². The summed E-state index contributed by atoms with van der Waals surface area (Å²) in [6.45, 7) is 3.37. The van der Waals surface area contributed by atoms with E-state index in [1.807, 2.05) is 18.2 Å². The highest BCUT2D eigenvalue weighted by atomic mass is 35.5. The van der Waals surface area contributed by atoms with Gasteiger partial charge in [-0.1, -0.05) is 17.7 Å². The van der Waals surface area contributed by atoms with Gasteiger partial charge in [0.2, 0.25) is 5.91 Å². The third-order valence-corrected chi connectivity index (χ3v) is 4.23. The van der Waals surface area contributed by atoms with E-state index in [0.717, 1.165) is 18.7 Å². The van der Waals surface area contributed by atoms with Crippen LogP contribution >= 0.6 is 11.6 Å². The number of methoxy groups -OCH3 is 1. The van der Waals surface area contributed by atoms with E-state index in [-0.39, 0.29) is 17.9 Å². The Balaban J connectivity index is 1.72. The van der Waals surface area contributed by atoms with Crippen molar-refractivity contribution in [3.63, 3.8) is 0 Å². The molecule has 0 aromatic heterocycles. The number of carbonyl (C=O) groups excluding carboxylic acids is 1.